The molecule has 0 spiro atoms. The number of hydrogen-bond donors (Lipinski definition) is 0. The third-order valence-electron chi connectivity index (χ3n) is 8.16. The number of nitriles is 1. The second-order valence-electron chi connectivity index (χ2n) is 18.9. The van der Waals surface area contributed by atoms with Gasteiger partial charge in [0.2, 0.25) is 0 Å². The van der Waals surface area contributed by atoms with Crippen molar-refractivity contribution in [2.75, 3.05) is 0 Å². The van der Waals surface area contributed by atoms with Crippen molar-refractivity contribution in [1.29, 1.82) is 5.26 Å². The summed E-state index contributed by atoms with van der Waals surface area (Å²) in [6.07, 6.45) is 0. The van der Waals surface area contributed by atoms with Gasteiger partial charge in [-0.15, -0.1) is 0 Å². The number of rotatable bonds is 2. The molecule has 0 N–H and O–H groups in total. The van der Waals surface area contributed by atoms with Gasteiger partial charge in [-0.25, -0.2) is 16.8 Å². The van der Waals surface area contributed by atoms with Crippen LogP contribution in [-0.4, -0.2) is 25.9 Å². The molecule has 0 atom stereocenters. The smallest absolute Gasteiger partial charge is 0.125 e. The van der Waals surface area contributed by atoms with Crippen LogP contribution >= 0.6 is 0 Å². The molecule has 266 valence electrons. The molecule has 0 saturated carbocycles. The van der Waals surface area contributed by atoms with E-state index < -0.39 is 41.9 Å². The monoisotopic (exact) mass is 689 g/mol. The molecule has 0 radical (unpaired) electrons. The molecule has 0 unspecified atom stereocenters. The van der Waals surface area contributed by atoms with E-state index in [4.69, 9.17) is 0 Å². The highest BCUT2D eigenvalue weighted by Gasteiger charge is 2.36. The lowest BCUT2D eigenvalue weighted by molar-refractivity contribution is 0.446. The highest BCUT2D eigenvalue weighted by atomic mass is 32.2. The molecule has 47 heavy (non-hydrogen) atoms. The maximum absolute atomic E-state index is 12.1. The Morgan fingerprint density at radius 2 is 0.766 bits per heavy atom. The van der Waals surface area contributed by atoms with Gasteiger partial charge in [-0.05, 0) is 78.4 Å². The van der Waals surface area contributed by atoms with Gasteiger partial charge in [0.05, 0.1) is 21.4 Å². The van der Waals surface area contributed by atoms with E-state index in [-0.39, 0.29) is 20.6 Å². The Labute approximate surface area is 287 Å². The summed E-state index contributed by atoms with van der Waals surface area (Å²) in [5, 5.41) is 9.76. The summed E-state index contributed by atoms with van der Waals surface area (Å²) >= 11 is 0. The van der Waals surface area contributed by atoms with Crippen LogP contribution < -0.4 is 0 Å². The van der Waals surface area contributed by atoms with Gasteiger partial charge in [0.1, 0.15) is 20.2 Å². The molecule has 0 heterocycles. The second-order valence-corrected chi connectivity index (χ2v) is 21.5. The molecule has 2 aromatic carbocycles. The summed E-state index contributed by atoms with van der Waals surface area (Å²) in [5.74, 6) is 0. The van der Waals surface area contributed by atoms with Gasteiger partial charge in [-0.2, -0.15) is 5.26 Å². The maximum atomic E-state index is 12.1. The Morgan fingerprint density at radius 3 is 1.00 bits per heavy atom. The van der Waals surface area contributed by atoms with Crippen LogP contribution in [0.25, 0.3) is 0 Å². The zero-order valence-electron chi connectivity index (χ0n) is 32.4. The molecule has 0 fully saturated rings. The van der Waals surface area contributed by atoms with Crippen molar-refractivity contribution in [3.8, 4) is 6.07 Å². The largest absolute Gasteiger partial charge is 0.744 e. The van der Waals surface area contributed by atoms with Crippen LogP contribution in [0.1, 0.15) is 169 Å². The van der Waals surface area contributed by atoms with Crippen molar-refractivity contribution in [3.05, 3.63) is 56.6 Å². The van der Waals surface area contributed by atoms with E-state index in [1.54, 1.807) is 6.07 Å². The SMILES string of the molecule is CC(C)(C)c1cc(C(C)(C)C)c(S(=O)(=O)[O-])c(C(C)(C)C)c1C#N.Cc1c(C(C)(C)C)cc(C(C)(C)C)c(S(=O)(=O)[O-])c1C(C)(C)C. The first-order chi connectivity index (χ1) is 20.3. The third-order valence-corrected chi connectivity index (χ3v) is 10.0. The predicted octanol–water partition coefficient (Wildman–Crippen LogP) is 9.15. The second kappa shape index (κ2) is 12.9. The standard InChI is InChI=1S/C19H29NO3S.C19H32O3S/c1-17(2,3)13-10-14(18(4,5)6)16(24(21,22)23)15(12(13)11-20)19(7,8)9;1-12-13(17(2,3)4)11-14(18(5,6)7)16(23(20,21)22)15(12)19(8,9)10/h10H,1-9H3,(H,21,22,23);11H,1-10H3,(H,20,21,22)/p-2. The molecule has 0 amide bonds. The normalized spacial score (nSPS) is 14.0. The molecule has 0 saturated heterocycles. The zero-order valence-corrected chi connectivity index (χ0v) is 34.0. The van der Waals surface area contributed by atoms with Gasteiger partial charge in [-0.1, -0.05) is 137 Å². The van der Waals surface area contributed by atoms with E-state index in [0.717, 1.165) is 16.7 Å². The highest BCUT2D eigenvalue weighted by Crippen LogP contribution is 2.44. The van der Waals surface area contributed by atoms with Crippen LogP contribution in [0.4, 0.5) is 0 Å². The third kappa shape index (κ3) is 9.90. The number of benzene rings is 2. The Hall–Kier alpha value is -2.25. The fraction of sp³-hybridized carbons (Fsp3) is 0.658. The van der Waals surface area contributed by atoms with E-state index in [1.165, 1.54) is 0 Å². The van der Waals surface area contributed by atoms with Crippen molar-refractivity contribution in [2.45, 2.75) is 174 Å². The molecule has 0 aromatic heterocycles. The molecular weight excluding hydrogens is 631 g/mol. The lowest BCUT2D eigenvalue weighted by Crippen LogP contribution is -2.28. The highest BCUT2D eigenvalue weighted by molar-refractivity contribution is 7.86. The Balaban J connectivity index is 0.000000470. The van der Waals surface area contributed by atoms with Crippen LogP contribution in [0, 0.1) is 18.3 Å². The minimum atomic E-state index is -4.73. The Kier molecular flexibility index (Phi) is 11.7. The van der Waals surface area contributed by atoms with Crippen molar-refractivity contribution in [2.24, 2.45) is 0 Å². The first-order valence-electron chi connectivity index (χ1n) is 16.0. The summed E-state index contributed by atoms with van der Waals surface area (Å²) < 4.78 is 72.8. The Morgan fingerprint density at radius 1 is 0.489 bits per heavy atom. The molecule has 0 aliphatic carbocycles. The van der Waals surface area contributed by atoms with Crippen molar-refractivity contribution < 1.29 is 25.9 Å². The molecule has 0 bridgehead atoms. The van der Waals surface area contributed by atoms with Crippen LogP contribution in [-0.2, 0) is 52.7 Å². The predicted molar refractivity (Wildman–Crippen MR) is 190 cm³/mol. The average Bonchev–Trinajstić information content (AvgIpc) is 2.77. The molecule has 2 aromatic rings. The lowest BCUT2D eigenvalue weighted by Gasteiger charge is -2.36. The van der Waals surface area contributed by atoms with Crippen LogP contribution in [0.15, 0.2) is 21.9 Å². The van der Waals surface area contributed by atoms with E-state index in [9.17, 15) is 31.2 Å². The van der Waals surface area contributed by atoms with Crippen LogP contribution in [0.5, 0.6) is 0 Å². The number of nitrogens with zero attached hydrogens (tertiary/aromatic N) is 1. The molecular formula is C38H59NO6S2-2. The van der Waals surface area contributed by atoms with E-state index >= 15 is 0 Å². The fourth-order valence-electron chi connectivity index (χ4n) is 6.16. The minimum Gasteiger partial charge on any atom is -0.744 e. The fourth-order valence-corrected chi connectivity index (χ4v) is 8.80. The summed E-state index contributed by atoms with van der Waals surface area (Å²) in [7, 11) is -9.29. The molecule has 0 aliphatic heterocycles. The van der Waals surface area contributed by atoms with E-state index in [2.05, 4.69) is 26.8 Å². The molecule has 0 aliphatic rings. The first-order valence-corrected chi connectivity index (χ1v) is 18.9. The van der Waals surface area contributed by atoms with Gasteiger partial charge in [0, 0.05) is 0 Å². The van der Waals surface area contributed by atoms with Crippen molar-refractivity contribution in [1.82, 2.24) is 0 Å². The molecule has 9 heteroatoms. The topological polar surface area (TPSA) is 138 Å². The quantitative estimate of drug-likeness (QED) is 0.287. The van der Waals surface area contributed by atoms with Gasteiger partial charge in [0.25, 0.3) is 0 Å². The van der Waals surface area contributed by atoms with Gasteiger partial charge in [0.15, 0.2) is 0 Å². The lowest BCUT2D eigenvalue weighted by atomic mass is 9.72. The van der Waals surface area contributed by atoms with E-state index in [1.807, 2.05) is 117 Å². The number of hydrogen-bond acceptors (Lipinski definition) is 7. The summed E-state index contributed by atoms with van der Waals surface area (Å²) in [6, 6.07) is 5.83. The van der Waals surface area contributed by atoms with Gasteiger partial charge < -0.3 is 9.11 Å². The van der Waals surface area contributed by atoms with Gasteiger partial charge in [-0.3, -0.25) is 0 Å². The summed E-state index contributed by atoms with van der Waals surface area (Å²) in [4.78, 5) is -0.255. The summed E-state index contributed by atoms with van der Waals surface area (Å²) in [6.45, 7) is 37.1. The van der Waals surface area contributed by atoms with E-state index in [0.29, 0.717) is 27.8 Å². The minimum absolute atomic E-state index is 0.0250. The van der Waals surface area contributed by atoms with Crippen molar-refractivity contribution >= 4 is 20.2 Å². The van der Waals surface area contributed by atoms with Crippen LogP contribution in [0.3, 0.4) is 0 Å². The Bertz CT molecular complexity index is 1770. The molecule has 2 rings (SSSR count). The first kappa shape index (κ1) is 42.8. The average molecular weight is 690 g/mol. The van der Waals surface area contributed by atoms with Crippen LogP contribution in [0.2, 0.25) is 0 Å². The maximum Gasteiger partial charge on any atom is 0.125 e. The molecule has 7 nitrogen and oxygen atoms in total. The summed E-state index contributed by atoms with van der Waals surface area (Å²) in [5.41, 5.74) is 2.63. The van der Waals surface area contributed by atoms with Crippen molar-refractivity contribution in [3.63, 3.8) is 0 Å². The zero-order chi connectivity index (χ0) is 37.9. The van der Waals surface area contributed by atoms with Gasteiger partial charge >= 0.3 is 0 Å².